The highest BCUT2D eigenvalue weighted by molar-refractivity contribution is 6.21. The van der Waals surface area contributed by atoms with Gasteiger partial charge in [0, 0.05) is 26.6 Å². The maximum atomic E-state index is 13.1. The van der Waals surface area contributed by atoms with E-state index in [0.717, 1.165) is 11.0 Å². The molecule has 0 fully saturated rings. The summed E-state index contributed by atoms with van der Waals surface area (Å²) in [4.78, 5) is 39.2. The van der Waals surface area contributed by atoms with Gasteiger partial charge in [0.05, 0.1) is 16.7 Å². The molecule has 0 spiro atoms. The summed E-state index contributed by atoms with van der Waals surface area (Å²) in [5, 5.41) is 0. The lowest BCUT2D eigenvalue weighted by atomic mass is 10.1. The molecule has 1 aliphatic heterocycles. The van der Waals surface area contributed by atoms with Crippen molar-refractivity contribution >= 4 is 17.7 Å². The van der Waals surface area contributed by atoms with Crippen molar-refractivity contribution in [3.05, 3.63) is 70.8 Å². The van der Waals surface area contributed by atoms with Gasteiger partial charge in [-0.1, -0.05) is 30.3 Å². The van der Waals surface area contributed by atoms with Crippen molar-refractivity contribution < 1.29 is 27.6 Å². The Kier molecular flexibility index (Phi) is 5.72. The van der Waals surface area contributed by atoms with Crippen LogP contribution in [0.25, 0.3) is 0 Å². The van der Waals surface area contributed by atoms with Crippen molar-refractivity contribution in [1.29, 1.82) is 0 Å². The van der Waals surface area contributed by atoms with E-state index in [0.29, 0.717) is 11.1 Å². The molecule has 0 N–H and O–H groups in total. The molecule has 29 heavy (non-hydrogen) atoms. The molecular formula is C21H19F3N2O3. The topological polar surface area (TPSA) is 57.7 Å². The van der Waals surface area contributed by atoms with Crippen molar-refractivity contribution in [3.8, 4) is 0 Å². The minimum Gasteiger partial charge on any atom is -0.341 e. The average molecular weight is 404 g/mol. The fourth-order valence-electron chi connectivity index (χ4n) is 3.30. The Balaban J connectivity index is 1.56. The monoisotopic (exact) mass is 404 g/mol. The van der Waals surface area contributed by atoms with Crippen LogP contribution in [0.5, 0.6) is 0 Å². The molecule has 0 bridgehead atoms. The van der Waals surface area contributed by atoms with Crippen LogP contribution in [-0.4, -0.2) is 41.1 Å². The van der Waals surface area contributed by atoms with E-state index in [-0.39, 0.29) is 37.4 Å². The van der Waals surface area contributed by atoms with Crippen LogP contribution in [0.4, 0.5) is 13.2 Å². The quantitative estimate of drug-likeness (QED) is 0.690. The van der Waals surface area contributed by atoms with Crippen molar-refractivity contribution in [2.45, 2.75) is 25.6 Å². The summed E-state index contributed by atoms with van der Waals surface area (Å²) in [6, 6.07) is 11.6. The Labute approximate surface area is 165 Å². The Hall–Kier alpha value is -3.16. The Morgan fingerprint density at radius 3 is 2.10 bits per heavy atom. The molecule has 3 rings (SSSR count). The van der Waals surface area contributed by atoms with Gasteiger partial charge in [-0.25, -0.2) is 0 Å². The summed E-state index contributed by atoms with van der Waals surface area (Å²) in [7, 11) is 1.43. The molecule has 0 aliphatic carbocycles. The first-order valence-electron chi connectivity index (χ1n) is 9.04. The van der Waals surface area contributed by atoms with Crippen LogP contribution in [0.15, 0.2) is 48.5 Å². The van der Waals surface area contributed by atoms with Gasteiger partial charge in [0.15, 0.2) is 0 Å². The molecule has 0 radical (unpaired) electrons. The molecule has 5 nitrogen and oxygen atoms in total. The molecule has 0 atom stereocenters. The second-order valence-corrected chi connectivity index (χ2v) is 6.82. The number of rotatable bonds is 6. The van der Waals surface area contributed by atoms with Gasteiger partial charge in [-0.3, -0.25) is 19.3 Å². The summed E-state index contributed by atoms with van der Waals surface area (Å²) >= 11 is 0. The number of alkyl halides is 3. The molecule has 8 heteroatoms. The lowest BCUT2D eigenvalue weighted by Crippen LogP contribution is -2.32. The number of hydrogen-bond acceptors (Lipinski definition) is 3. The lowest BCUT2D eigenvalue weighted by Gasteiger charge is -2.21. The van der Waals surface area contributed by atoms with Crippen LogP contribution in [0.3, 0.4) is 0 Å². The number of imide groups is 1. The normalized spacial score (nSPS) is 13.6. The zero-order chi connectivity index (χ0) is 21.2. The van der Waals surface area contributed by atoms with Gasteiger partial charge in [0.1, 0.15) is 0 Å². The number of benzene rings is 2. The van der Waals surface area contributed by atoms with Gasteiger partial charge in [-0.05, 0) is 30.2 Å². The number of carbonyl (C=O) groups is 3. The smallest absolute Gasteiger partial charge is 0.341 e. The maximum Gasteiger partial charge on any atom is 0.416 e. The molecule has 2 aromatic carbocycles. The third kappa shape index (κ3) is 4.31. The molecule has 0 aromatic heterocycles. The Morgan fingerprint density at radius 2 is 1.52 bits per heavy atom. The lowest BCUT2D eigenvalue weighted by molar-refractivity contribution is -0.139. The van der Waals surface area contributed by atoms with E-state index in [1.54, 1.807) is 24.3 Å². The largest absolute Gasteiger partial charge is 0.416 e. The summed E-state index contributed by atoms with van der Waals surface area (Å²) in [5.74, 6) is -1.16. The van der Waals surface area contributed by atoms with Gasteiger partial charge in [0.25, 0.3) is 11.8 Å². The predicted molar refractivity (Wildman–Crippen MR) is 99.0 cm³/mol. The minimum atomic E-state index is -4.49. The number of halogens is 3. The van der Waals surface area contributed by atoms with E-state index in [1.165, 1.54) is 30.1 Å². The number of hydrogen-bond donors (Lipinski definition) is 0. The second-order valence-electron chi connectivity index (χ2n) is 6.82. The minimum absolute atomic E-state index is 0.0104. The van der Waals surface area contributed by atoms with E-state index in [2.05, 4.69) is 0 Å². The highest BCUT2D eigenvalue weighted by Gasteiger charge is 2.35. The third-order valence-electron chi connectivity index (χ3n) is 4.81. The number of nitrogens with zero attached hydrogens (tertiary/aromatic N) is 2. The number of fused-ring (bicyclic) bond motifs is 1. The molecule has 2 aromatic rings. The highest BCUT2D eigenvalue weighted by atomic mass is 19.4. The standard InChI is InChI=1S/C21H19F3N2O3/c1-25(13-14-7-2-5-10-17(14)21(22,23)24)18(27)11-6-12-26-19(28)15-8-3-4-9-16(15)20(26)29/h2-5,7-10H,6,11-13H2,1H3. The van der Waals surface area contributed by atoms with Crippen LogP contribution < -0.4 is 0 Å². The summed E-state index contributed by atoms with van der Waals surface area (Å²) < 4.78 is 39.3. The summed E-state index contributed by atoms with van der Waals surface area (Å²) in [6.07, 6.45) is -4.25. The summed E-state index contributed by atoms with van der Waals surface area (Å²) in [6.45, 7) is -0.105. The number of amides is 3. The van der Waals surface area contributed by atoms with Crippen LogP contribution in [0, 0.1) is 0 Å². The second kappa shape index (κ2) is 8.06. The van der Waals surface area contributed by atoms with Gasteiger partial charge >= 0.3 is 6.18 Å². The molecule has 1 aliphatic rings. The predicted octanol–water partition coefficient (Wildman–Crippen LogP) is 3.74. The van der Waals surface area contributed by atoms with Crippen molar-refractivity contribution in [3.63, 3.8) is 0 Å². The van der Waals surface area contributed by atoms with Crippen molar-refractivity contribution in [1.82, 2.24) is 9.80 Å². The third-order valence-corrected chi connectivity index (χ3v) is 4.81. The van der Waals surface area contributed by atoms with E-state index < -0.39 is 23.6 Å². The van der Waals surface area contributed by atoms with Gasteiger partial charge in [0.2, 0.25) is 5.91 Å². The van der Waals surface area contributed by atoms with Crippen molar-refractivity contribution in [2.75, 3.05) is 13.6 Å². The van der Waals surface area contributed by atoms with E-state index in [9.17, 15) is 27.6 Å². The molecule has 0 saturated heterocycles. The molecule has 152 valence electrons. The van der Waals surface area contributed by atoms with E-state index in [4.69, 9.17) is 0 Å². The Morgan fingerprint density at radius 1 is 0.966 bits per heavy atom. The molecule has 0 saturated carbocycles. The first-order valence-corrected chi connectivity index (χ1v) is 9.04. The zero-order valence-electron chi connectivity index (χ0n) is 15.7. The van der Waals surface area contributed by atoms with Crippen LogP contribution >= 0.6 is 0 Å². The fourth-order valence-corrected chi connectivity index (χ4v) is 3.30. The average Bonchev–Trinajstić information content (AvgIpc) is 2.92. The molecule has 1 heterocycles. The van der Waals surface area contributed by atoms with E-state index in [1.807, 2.05) is 0 Å². The van der Waals surface area contributed by atoms with E-state index >= 15 is 0 Å². The fraction of sp³-hybridized carbons (Fsp3) is 0.286. The maximum absolute atomic E-state index is 13.1. The van der Waals surface area contributed by atoms with Gasteiger partial charge < -0.3 is 4.90 Å². The SMILES string of the molecule is CN(Cc1ccccc1C(F)(F)F)C(=O)CCCN1C(=O)c2ccccc2C1=O. The van der Waals surface area contributed by atoms with Crippen LogP contribution in [0.1, 0.15) is 44.7 Å². The van der Waals surface area contributed by atoms with Crippen LogP contribution in [-0.2, 0) is 17.5 Å². The summed E-state index contributed by atoms with van der Waals surface area (Å²) in [5.41, 5.74) is -0.0868. The van der Waals surface area contributed by atoms with Gasteiger partial charge in [-0.2, -0.15) is 13.2 Å². The Bertz CT molecular complexity index is 921. The van der Waals surface area contributed by atoms with Gasteiger partial charge in [-0.15, -0.1) is 0 Å². The highest BCUT2D eigenvalue weighted by Crippen LogP contribution is 2.32. The zero-order valence-corrected chi connectivity index (χ0v) is 15.7. The molecular weight excluding hydrogens is 385 g/mol. The van der Waals surface area contributed by atoms with Crippen LogP contribution in [0.2, 0.25) is 0 Å². The first kappa shape index (κ1) is 20.6. The first-order chi connectivity index (χ1) is 13.7. The molecule has 0 unspecified atom stereocenters. The van der Waals surface area contributed by atoms with Crippen molar-refractivity contribution in [2.24, 2.45) is 0 Å². The number of carbonyl (C=O) groups excluding carboxylic acids is 3. The molecule has 3 amide bonds.